The van der Waals surface area contributed by atoms with Crippen molar-refractivity contribution in [2.45, 2.75) is 44.6 Å². The molecule has 1 aliphatic heterocycles. The Bertz CT molecular complexity index is 1610. The van der Waals surface area contributed by atoms with Crippen LogP contribution in [0.2, 0.25) is 0 Å². The normalized spacial score (nSPS) is 15.9. The quantitative estimate of drug-likeness (QED) is 0.231. The Morgan fingerprint density at radius 2 is 2.05 bits per heavy atom. The number of carbonyl (C=O) groups is 1. The Hall–Kier alpha value is -4.31. The van der Waals surface area contributed by atoms with Gasteiger partial charge in [-0.15, -0.1) is 0 Å². The van der Waals surface area contributed by atoms with Crippen LogP contribution in [0.3, 0.4) is 0 Å². The van der Waals surface area contributed by atoms with E-state index in [0.29, 0.717) is 28.6 Å². The maximum Gasteiger partial charge on any atom is 0.423 e. The Morgan fingerprint density at radius 1 is 1.26 bits per heavy atom. The summed E-state index contributed by atoms with van der Waals surface area (Å²) < 4.78 is 58.6. The monoisotopic (exact) mass is 619 g/mol. The lowest BCUT2D eigenvalue weighted by atomic mass is 10.1. The van der Waals surface area contributed by atoms with Crippen LogP contribution in [0.25, 0.3) is 0 Å². The first kappa shape index (κ1) is 30.2. The van der Waals surface area contributed by atoms with Gasteiger partial charge in [-0.25, -0.2) is 9.67 Å². The fourth-order valence-electron chi connectivity index (χ4n) is 4.63. The number of benzene rings is 1. The Kier molecular flexibility index (Phi) is 9.05. The van der Waals surface area contributed by atoms with E-state index in [4.69, 9.17) is 14.0 Å². The molecule has 0 amide bonds. The molecule has 12 nitrogen and oxygen atoms in total. The van der Waals surface area contributed by atoms with E-state index in [1.165, 1.54) is 24.6 Å². The molecule has 228 valence electrons. The maximum atomic E-state index is 13.9. The van der Waals surface area contributed by atoms with Gasteiger partial charge in [0.15, 0.2) is 17.2 Å². The first-order valence-corrected chi connectivity index (χ1v) is 14.1. The topological polar surface area (TPSA) is 138 Å². The van der Waals surface area contributed by atoms with Gasteiger partial charge in [0.25, 0.3) is 11.4 Å². The number of aldehydes is 1. The fourth-order valence-corrected chi connectivity index (χ4v) is 5.40. The molecule has 0 bridgehead atoms. The second kappa shape index (κ2) is 12.9. The molecule has 5 rings (SSSR count). The molecule has 0 aliphatic carbocycles. The molecule has 1 aliphatic rings. The maximum absolute atomic E-state index is 13.9. The molecule has 0 saturated carbocycles. The van der Waals surface area contributed by atoms with E-state index in [2.05, 4.69) is 30.4 Å². The summed E-state index contributed by atoms with van der Waals surface area (Å²) in [6, 6.07) is 5.98. The molecular weight excluding hydrogens is 591 g/mol. The third-order valence-electron chi connectivity index (χ3n) is 6.75. The molecular formula is C27H28F3N7O5S. The van der Waals surface area contributed by atoms with Crippen LogP contribution in [0.4, 0.5) is 24.0 Å². The van der Waals surface area contributed by atoms with Gasteiger partial charge in [-0.05, 0) is 31.0 Å². The number of halogens is 3. The molecule has 1 aromatic carbocycles. The number of nitrogens with zero attached hydrogens (tertiary/aromatic N) is 6. The smallest absolute Gasteiger partial charge is 0.423 e. The molecule has 0 radical (unpaired) electrons. The number of hydrogen-bond donors (Lipinski definition) is 1. The van der Waals surface area contributed by atoms with Gasteiger partial charge in [0, 0.05) is 25.0 Å². The van der Waals surface area contributed by atoms with E-state index in [1.54, 1.807) is 31.2 Å². The molecule has 1 N–H and O–H groups in total. The minimum absolute atomic E-state index is 0.00966. The van der Waals surface area contributed by atoms with Crippen molar-refractivity contribution in [2.24, 2.45) is 0 Å². The highest BCUT2D eigenvalue weighted by Gasteiger charge is 2.38. The third kappa shape index (κ3) is 7.19. The SMILES string of the molecule is COc1ccc(Cn2ncc(NC(C)COCc3nc(C4CCN(c5ncc(C=O)s5)C4)no3)c(C(F)(F)F)c2=O)cc1. The van der Waals surface area contributed by atoms with Crippen LogP contribution in [-0.2, 0) is 24.1 Å². The molecule has 16 heteroatoms. The van der Waals surface area contributed by atoms with Gasteiger partial charge < -0.3 is 24.2 Å². The Balaban J connectivity index is 1.16. The van der Waals surface area contributed by atoms with Crippen LogP contribution in [-0.4, -0.2) is 64.0 Å². The van der Waals surface area contributed by atoms with E-state index >= 15 is 0 Å². The number of anilines is 2. The van der Waals surface area contributed by atoms with Crippen LogP contribution in [0.15, 0.2) is 46.0 Å². The Morgan fingerprint density at radius 3 is 2.74 bits per heavy atom. The van der Waals surface area contributed by atoms with Crippen LogP contribution >= 0.6 is 11.3 Å². The van der Waals surface area contributed by atoms with Gasteiger partial charge in [-0.3, -0.25) is 9.59 Å². The van der Waals surface area contributed by atoms with Gasteiger partial charge in [0.05, 0.1) is 43.2 Å². The largest absolute Gasteiger partial charge is 0.497 e. The predicted molar refractivity (Wildman–Crippen MR) is 150 cm³/mol. The lowest BCUT2D eigenvalue weighted by Gasteiger charge is -2.19. The van der Waals surface area contributed by atoms with Crippen molar-refractivity contribution < 1.29 is 32.0 Å². The number of thiazole rings is 1. The van der Waals surface area contributed by atoms with E-state index in [9.17, 15) is 22.8 Å². The van der Waals surface area contributed by atoms with Crippen molar-refractivity contribution >= 4 is 28.4 Å². The zero-order valence-electron chi connectivity index (χ0n) is 23.2. The minimum Gasteiger partial charge on any atom is -0.497 e. The molecule has 2 atom stereocenters. The summed E-state index contributed by atoms with van der Waals surface area (Å²) >= 11 is 1.32. The molecule has 4 heterocycles. The highest BCUT2D eigenvalue weighted by atomic mass is 32.1. The van der Waals surface area contributed by atoms with Gasteiger partial charge >= 0.3 is 6.18 Å². The number of methoxy groups -OCH3 is 1. The number of rotatable bonds is 12. The lowest BCUT2D eigenvalue weighted by Crippen LogP contribution is -2.34. The summed E-state index contributed by atoms with van der Waals surface area (Å²) in [5.74, 6) is 1.35. The molecule has 3 aromatic heterocycles. The molecule has 43 heavy (non-hydrogen) atoms. The first-order chi connectivity index (χ1) is 20.6. The van der Waals surface area contributed by atoms with Crippen molar-refractivity contribution in [3.8, 4) is 5.75 Å². The van der Waals surface area contributed by atoms with E-state index < -0.39 is 29.0 Å². The van der Waals surface area contributed by atoms with Gasteiger partial charge in [-0.2, -0.15) is 23.3 Å². The second-order valence-electron chi connectivity index (χ2n) is 9.94. The number of carbonyl (C=O) groups excluding carboxylic acids is 1. The highest BCUT2D eigenvalue weighted by Crippen LogP contribution is 2.33. The number of alkyl halides is 3. The van der Waals surface area contributed by atoms with Crippen molar-refractivity contribution in [3.63, 3.8) is 0 Å². The zero-order chi connectivity index (χ0) is 30.6. The number of hydrogen-bond acceptors (Lipinski definition) is 12. The molecule has 2 unspecified atom stereocenters. The summed E-state index contributed by atoms with van der Waals surface area (Å²) in [6.45, 7) is 2.79. The number of nitrogens with one attached hydrogen (secondary N) is 1. The average molecular weight is 620 g/mol. The van der Waals surface area contributed by atoms with Gasteiger partial charge in [-0.1, -0.05) is 28.6 Å². The molecule has 1 saturated heterocycles. The van der Waals surface area contributed by atoms with Gasteiger partial charge in [0.1, 0.15) is 17.9 Å². The fraction of sp³-hybridized carbons (Fsp3) is 0.407. The third-order valence-corrected chi connectivity index (χ3v) is 7.73. The zero-order valence-corrected chi connectivity index (χ0v) is 24.0. The van der Waals surface area contributed by atoms with Gasteiger partial charge in [0.2, 0.25) is 0 Å². The standard InChI is InChI=1S/C27H28F3N7O5S/c1-16(14-41-15-22-34-24(35-42-22)18-7-8-36(12-18)26-31-9-20(13-38)43-26)33-21-10-32-37(25(39)23(21)27(28,29)30)11-17-3-5-19(40-2)6-4-17/h3-6,9-10,13,16,18,33H,7-8,11-12,14-15H2,1-2H3. The van der Waals surface area contributed by atoms with Crippen molar-refractivity contribution in [2.75, 3.05) is 37.0 Å². The van der Waals surface area contributed by atoms with E-state index in [-0.39, 0.29) is 31.6 Å². The van der Waals surface area contributed by atoms with Crippen LogP contribution in [0.1, 0.15) is 51.8 Å². The van der Waals surface area contributed by atoms with E-state index in [1.807, 2.05) is 0 Å². The molecule has 1 fully saturated rings. The summed E-state index contributed by atoms with van der Waals surface area (Å²) in [5.41, 5.74) is -2.45. The molecule has 0 spiro atoms. The summed E-state index contributed by atoms with van der Waals surface area (Å²) in [4.78, 5) is 35.0. The van der Waals surface area contributed by atoms with Crippen LogP contribution in [0.5, 0.6) is 5.75 Å². The number of ether oxygens (including phenoxy) is 2. The van der Waals surface area contributed by atoms with Crippen LogP contribution < -0.4 is 20.5 Å². The second-order valence-corrected chi connectivity index (χ2v) is 11.0. The minimum atomic E-state index is -4.91. The van der Waals surface area contributed by atoms with E-state index in [0.717, 1.165) is 35.3 Å². The lowest BCUT2D eigenvalue weighted by molar-refractivity contribution is -0.138. The highest BCUT2D eigenvalue weighted by molar-refractivity contribution is 7.17. The average Bonchev–Trinajstić information content (AvgIpc) is 3.75. The summed E-state index contributed by atoms with van der Waals surface area (Å²) in [5, 5.41) is 11.5. The van der Waals surface area contributed by atoms with Crippen molar-refractivity contribution in [1.29, 1.82) is 0 Å². The molecule has 4 aromatic rings. The first-order valence-electron chi connectivity index (χ1n) is 13.3. The van der Waals surface area contributed by atoms with Crippen molar-refractivity contribution in [1.82, 2.24) is 24.9 Å². The Labute approximate surface area is 247 Å². The number of aromatic nitrogens is 5. The predicted octanol–water partition coefficient (Wildman–Crippen LogP) is 3.98. The van der Waals surface area contributed by atoms with Crippen molar-refractivity contribution in [3.05, 3.63) is 74.7 Å². The summed E-state index contributed by atoms with van der Waals surface area (Å²) in [6.07, 6.45) is -0.825. The summed E-state index contributed by atoms with van der Waals surface area (Å²) in [7, 11) is 1.50. The van der Waals surface area contributed by atoms with Crippen LogP contribution in [0, 0.1) is 0 Å².